The summed E-state index contributed by atoms with van der Waals surface area (Å²) in [4.78, 5) is 7.14. The lowest BCUT2D eigenvalue weighted by Gasteiger charge is -2.32. The van der Waals surface area contributed by atoms with E-state index in [1.807, 2.05) is 0 Å². The molecular weight excluding hydrogens is 250 g/mol. The van der Waals surface area contributed by atoms with Crippen LogP contribution in [0.4, 0.5) is 0 Å². The molecule has 0 amide bonds. The van der Waals surface area contributed by atoms with E-state index in [1.165, 1.54) is 31.6 Å². The molecule has 2 heterocycles. The largest absolute Gasteiger partial charge is 0.383 e. The van der Waals surface area contributed by atoms with E-state index in [-0.39, 0.29) is 0 Å². The van der Waals surface area contributed by atoms with Crippen molar-refractivity contribution in [3.63, 3.8) is 0 Å². The van der Waals surface area contributed by atoms with Gasteiger partial charge < -0.3 is 10.1 Å². The minimum absolute atomic E-state index is 0.755. The zero-order valence-corrected chi connectivity index (χ0v) is 12.8. The summed E-state index contributed by atoms with van der Waals surface area (Å²) in [6.45, 7) is 8.26. The van der Waals surface area contributed by atoms with Gasteiger partial charge in [-0.1, -0.05) is 6.07 Å². The summed E-state index contributed by atoms with van der Waals surface area (Å²) >= 11 is 0. The topological polar surface area (TPSA) is 37.4 Å². The number of ether oxygens (including phenoxy) is 1. The molecule has 4 heteroatoms. The summed E-state index contributed by atoms with van der Waals surface area (Å²) in [7, 11) is 1.75. The summed E-state index contributed by atoms with van der Waals surface area (Å²) in [5.41, 5.74) is 2.30. The van der Waals surface area contributed by atoms with Crippen LogP contribution in [0.5, 0.6) is 0 Å². The lowest BCUT2D eigenvalue weighted by molar-refractivity contribution is 0.158. The molecule has 1 atom stereocenters. The first-order valence-corrected chi connectivity index (χ1v) is 7.62. The number of pyridine rings is 1. The molecule has 1 fully saturated rings. The van der Waals surface area contributed by atoms with Gasteiger partial charge >= 0.3 is 0 Å². The summed E-state index contributed by atoms with van der Waals surface area (Å²) in [5.74, 6) is 0.755. The molecule has 1 aromatic heterocycles. The average molecular weight is 277 g/mol. The summed E-state index contributed by atoms with van der Waals surface area (Å²) in [5, 5.41) is 3.48. The van der Waals surface area contributed by atoms with Crippen molar-refractivity contribution in [2.75, 3.05) is 39.9 Å². The van der Waals surface area contributed by atoms with Crippen LogP contribution in [0.1, 0.15) is 24.2 Å². The molecule has 20 heavy (non-hydrogen) atoms. The van der Waals surface area contributed by atoms with Crippen LogP contribution in [0.2, 0.25) is 0 Å². The van der Waals surface area contributed by atoms with Gasteiger partial charge in [0.1, 0.15) is 0 Å². The second-order valence-corrected chi connectivity index (χ2v) is 5.71. The third-order valence-corrected chi connectivity index (χ3v) is 3.85. The van der Waals surface area contributed by atoms with E-state index in [2.05, 4.69) is 40.3 Å². The highest BCUT2D eigenvalue weighted by atomic mass is 16.5. The molecule has 112 valence electrons. The number of aromatic nitrogens is 1. The van der Waals surface area contributed by atoms with Crippen LogP contribution in [0.15, 0.2) is 18.2 Å². The zero-order valence-electron chi connectivity index (χ0n) is 12.8. The van der Waals surface area contributed by atoms with Crippen molar-refractivity contribution in [1.82, 2.24) is 15.2 Å². The SMILES string of the molecule is COCCNCC1CCCN(Cc2cccc(C)n2)C1. The number of hydrogen-bond acceptors (Lipinski definition) is 4. The third kappa shape index (κ3) is 5.19. The molecule has 1 unspecified atom stereocenters. The summed E-state index contributed by atoms with van der Waals surface area (Å²) < 4.78 is 5.06. The van der Waals surface area contributed by atoms with E-state index < -0.39 is 0 Å². The summed E-state index contributed by atoms with van der Waals surface area (Å²) in [6, 6.07) is 6.29. The van der Waals surface area contributed by atoms with Crippen LogP contribution >= 0.6 is 0 Å². The van der Waals surface area contributed by atoms with Gasteiger partial charge in [-0.15, -0.1) is 0 Å². The fourth-order valence-electron chi connectivity index (χ4n) is 2.86. The molecule has 1 N–H and O–H groups in total. The molecule has 1 aromatic rings. The Labute approximate surface area is 122 Å². The smallest absolute Gasteiger partial charge is 0.0587 e. The van der Waals surface area contributed by atoms with Gasteiger partial charge in [0.25, 0.3) is 0 Å². The van der Waals surface area contributed by atoms with Gasteiger partial charge in [0.2, 0.25) is 0 Å². The van der Waals surface area contributed by atoms with Crippen LogP contribution in [-0.4, -0.2) is 49.8 Å². The Morgan fingerprint density at radius 2 is 2.35 bits per heavy atom. The van der Waals surface area contributed by atoms with Crippen molar-refractivity contribution in [3.8, 4) is 0 Å². The fourth-order valence-corrected chi connectivity index (χ4v) is 2.86. The van der Waals surface area contributed by atoms with E-state index >= 15 is 0 Å². The highest BCUT2D eigenvalue weighted by Crippen LogP contribution is 2.17. The van der Waals surface area contributed by atoms with Crippen LogP contribution in [-0.2, 0) is 11.3 Å². The predicted molar refractivity (Wildman–Crippen MR) is 81.7 cm³/mol. The Bertz CT molecular complexity index is 397. The van der Waals surface area contributed by atoms with E-state index in [0.717, 1.165) is 37.9 Å². The maximum Gasteiger partial charge on any atom is 0.0587 e. The molecule has 4 nitrogen and oxygen atoms in total. The number of nitrogens with one attached hydrogen (secondary N) is 1. The predicted octanol–water partition coefficient (Wildman–Crippen LogP) is 1.84. The first kappa shape index (κ1) is 15.4. The normalized spacial score (nSPS) is 20.2. The second kappa shape index (κ2) is 8.35. The first-order chi connectivity index (χ1) is 9.78. The zero-order chi connectivity index (χ0) is 14.2. The van der Waals surface area contributed by atoms with Crippen LogP contribution in [0.3, 0.4) is 0 Å². The Balaban J connectivity index is 1.75. The molecule has 0 bridgehead atoms. The van der Waals surface area contributed by atoms with Crippen molar-refractivity contribution in [2.45, 2.75) is 26.3 Å². The molecule has 1 saturated heterocycles. The number of methoxy groups -OCH3 is 1. The van der Waals surface area contributed by atoms with Crippen molar-refractivity contribution in [2.24, 2.45) is 5.92 Å². The van der Waals surface area contributed by atoms with Crippen molar-refractivity contribution in [3.05, 3.63) is 29.6 Å². The molecule has 0 aromatic carbocycles. The van der Waals surface area contributed by atoms with Gasteiger partial charge in [0.05, 0.1) is 12.3 Å². The number of likely N-dealkylation sites (tertiary alicyclic amines) is 1. The molecule has 2 rings (SSSR count). The Kier molecular flexibility index (Phi) is 6.43. The number of piperidine rings is 1. The molecule has 0 saturated carbocycles. The minimum atomic E-state index is 0.755. The van der Waals surface area contributed by atoms with Crippen LogP contribution in [0.25, 0.3) is 0 Å². The van der Waals surface area contributed by atoms with Gasteiger partial charge in [0, 0.05) is 32.4 Å². The van der Waals surface area contributed by atoms with E-state index in [9.17, 15) is 0 Å². The molecule has 0 radical (unpaired) electrons. The van der Waals surface area contributed by atoms with Gasteiger partial charge in [-0.05, 0) is 50.9 Å². The quantitative estimate of drug-likeness (QED) is 0.772. The van der Waals surface area contributed by atoms with Crippen molar-refractivity contribution in [1.29, 1.82) is 0 Å². The summed E-state index contributed by atoms with van der Waals surface area (Å²) in [6.07, 6.45) is 2.63. The molecule has 0 aliphatic carbocycles. The van der Waals surface area contributed by atoms with E-state index in [4.69, 9.17) is 4.74 Å². The number of hydrogen-bond donors (Lipinski definition) is 1. The van der Waals surface area contributed by atoms with Crippen molar-refractivity contribution < 1.29 is 4.74 Å². The van der Waals surface area contributed by atoms with Gasteiger partial charge in [-0.25, -0.2) is 0 Å². The number of rotatable bonds is 7. The Hall–Kier alpha value is -0.970. The van der Waals surface area contributed by atoms with Gasteiger partial charge in [-0.2, -0.15) is 0 Å². The standard InChI is InChI=1S/C16H27N3O/c1-14-5-3-7-16(18-14)13-19-9-4-6-15(12-19)11-17-8-10-20-2/h3,5,7,15,17H,4,6,8-13H2,1-2H3. The van der Waals surface area contributed by atoms with E-state index in [1.54, 1.807) is 7.11 Å². The first-order valence-electron chi connectivity index (χ1n) is 7.62. The molecular formula is C16H27N3O. The number of nitrogens with zero attached hydrogens (tertiary/aromatic N) is 2. The van der Waals surface area contributed by atoms with Crippen molar-refractivity contribution >= 4 is 0 Å². The number of aryl methyl sites for hydroxylation is 1. The highest BCUT2D eigenvalue weighted by Gasteiger charge is 2.19. The Morgan fingerprint density at radius 1 is 1.45 bits per heavy atom. The second-order valence-electron chi connectivity index (χ2n) is 5.71. The fraction of sp³-hybridized carbons (Fsp3) is 0.688. The Morgan fingerprint density at radius 3 is 3.15 bits per heavy atom. The minimum Gasteiger partial charge on any atom is -0.383 e. The molecule has 0 spiro atoms. The van der Waals surface area contributed by atoms with Gasteiger partial charge in [0.15, 0.2) is 0 Å². The average Bonchev–Trinajstić information content (AvgIpc) is 2.44. The van der Waals surface area contributed by atoms with Crippen LogP contribution < -0.4 is 5.32 Å². The maximum atomic E-state index is 5.06. The highest BCUT2D eigenvalue weighted by molar-refractivity contribution is 5.09. The monoisotopic (exact) mass is 277 g/mol. The van der Waals surface area contributed by atoms with Gasteiger partial charge in [-0.3, -0.25) is 9.88 Å². The lowest BCUT2D eigenvalue weighted by Crippen LogP contribution is -2.39. The molecule has 1 aliphatic heterocycles. The molecule has 1 aliphatic rings. The lowest BCUT2D eigenvalue weighted by atomic mass is 9.98. The van der Waals surface area contributed by atoms with Crippen LogP contribution in [0, 0.1) is 12.8 Å². The third-order valence-electron chi connectivity index (χ3n) is 3.85. The maximum absolute atomic E-state index is 5.06. The van der Waals surface area contributed by atoms with E-state index in [0.29, 0.717) is 0 Å².